The number of hydrogen-bond acceptors (Lipinski definition) is 2. The van der Waals surface area contributed by atoms with Gasteiger partial charge in [-0.2, -0.15) is 0 Å². The summed E-state index contributed by atoms with van der Waals surface area (Å²) in [4.78, 5) is 11.7. The summed E-state index contributed by atoms with van der Waals surface area (Å²) >= 11 is 0. The minimum atomic E-state index is -2.84. The van der Waals surface area contributed by atoms with Gasteiger partial charge in [0.15, 0.2) is 0 Å². The second kappa shape index (κ2) is 7.12. The first kappa shape index (κ1) is 17.9. The molecule has 6 heteroatoms. The first-order valence-electron chi connectivity index (χ1n) is 8.62. The fraction of sp³-hybridized carbons (Fsp3) is 0.526. The van der Waals surface area contributed by atoms with Crippen molar-refractivity contribution in [3.05, 3.63) is 35.5 Å². The summed E-state index contributed by atoms with van der Waals surface area (Å²) < 4.78 is 34.6. The predicted octanol–water partition coefficient (Wildman–Crippen LogP) is 5.04. The Bertz CT molecular complexity index is 763. The van der Waals surface area contributed by atoms with E-state index in [1.165, 1.54) is 0 Å². The molecule has 1 fully saturated rings. The monoisotopic (exact) mass is 351 g/mol. The number of rotatable bonds is 5. The Morgan fingerprint density at radius 1 is 1.24 bits per heavy atom. The minimum absolute atomic E-state index is 0.195. The van der Waals surface area contributed by atoms with Crippen LogP contribution in [0.4, 0.5) is 8.78 Å². The smallest absolute Gasteiger partial charge is 0.338 e. The van der Waals surface area contributed by atoms with Gasteiger partial charge in [-0.15, -0.1) is 0 Å². The highest BCUT2D eigenvalue weighted by Gasteiger charge is 2.33. The number of halogens is 2. The Labute approximate surface area is 145 Å². The zero-order valence-corrected chi connectivity index (χ0v) is 14.4. The number of para-hydroxylation sites is 1. The lowest BCUT2D eigenvalue weighted by atomic mass is 9.83. The van der Waals surface area contributed by atoms with Crippen LogP contribution in [0.1, 0.15) is 61.1 Å². The van der Waals surface area contributed by atoms with E-state index in [9.17, 15) is 18.7 Å². The van der Waals surface area contributed by atoms with Crippen LogP contribution in [-0.4, -0.2) is 28.9 Å². The Morgan fingerprint density at radius 3 is 2.44 bits per heavy atom. The van der Waals surface area contributed by atoms with Crippen LogP contribution in [0.15, 0.2) is 24.3 Å². The summed E-state index contributed by atoms with van der Waals surface area (Å²) in [5.41, 5.74) is -0.0883. The number of ether oxygens (including phenoxy) is 1. The highest BCUT2D eigenvalue weighted by Crippen LogP contribution is 2.41. The van der Waals surface area contributed by atoms with Crippen LogP contribution in [0.25, 0.3) is 10.9 Å². The summed E-state index contributed by atoms with van der Waals surface area (Å²) in [6.45, 7) is 1.92. The van der Waals surface area contributed by atoms with Crippen molar-refractivity contribution in [2.75, 3.05) is 7.11 Å². The molecule has 4 nitrogen and oxygen atoms in total. The molecule has 1 saturated carbocycles. The molecule has 1 aliphatic carbocycles. The van der Waals surface area contributed by atoms with Crippen LogP contribution >= 0.6 is 0 Å². The quantitative estimate of drug-likeness (QED) is 0.821. The number of carboxylic acid groups (broad SMARTS) is 1. The van der Waals surface area contributed by atoms with E-state index in [-0.39, 0.29) is 29.3 Å². The van der Waals surface area contributed by atoms with Crippen LogP contribution in [0, 0.1) is 5.92 Å². The van der Waals surface area contributed by atoms with Gasteiger partial charge in [-0.1, -0.05) is 18.2 Å². The second-order valence-corrected chi connectivity index (χ2v) is 6.77. The van der Waals surface area contributed by atoms with Crippen molar-refractivity contribution in [3.63, 3.8) is 0 Å². The van der Waals surface area contributed by atoms with Gasteiger partial charge in [-0.05, 0) is 44.6 Å². The molecular weight excluding hydrogens is 328 g/mol. The van der Waals surface area contributed by atoms with Gasteiger partial charge < -0.3 is 14.4 Å². The van der Waals surface area contributed by atoms with Gasteiger partial charge in [0.2, 0.25) is 0 Å². The third-order valence-corrected chi connectivity index (χ3v) is 5.51. The SMILES string of the molecule is COC1CCC([C@@H](C)n2c(C(F)F)c(C(=O)O)c3ccccc32)CC1. The summed E-state index contributed by atoms with van der Waals surface area (Å²) in [7, 11) is 1.70. The largest absolute Gasteiger partial charge is 0.478 e. The molecule has 0 aliphatic heterocycles. The summed E-state index contributed by atoms with van der Waals surface area (Å²) in [6, 6.07) is 6.58. The maximum Gasteiger partial charge on any atom is 0.338 e. The van der Waals surface area contributed by atoms with E-state index in [1.807, 2.05) is 6.92 Å². The molecule has 1 aromatic carbocycles. The van der Waals surface area contributed by atoms with Gasteiger partial charge in [-0.25, -0.2) is 13.6 Å². The topological polar surface area (TPSA) is 51.5 Å². The van der Waals surface area contributed by atoms with Crippen LogP contribution in [-0.2, 0) is 4.74 Å². The molecule has 2 aromatic rings. The predicted molar refractivity (Wildman–Crippen MR) is 91.3 cm³/mol. The number of nitrogens with zero attached hydrogens (tertiary/aromatic N) is 1. The second-order valence-electron chi connectivity index (χ2n) is 6.77. The average molecular weight is 351 g/mol. The summed E-state index contributed by atoms with van der Waals surface area (Å²) in [6.07, 6.45) is 0.973. The van der Waals surface area contributed by atoms with Gasteiger partial charge in [0.05, 0.1) is 11.7 Å². The fourth-order valence-electron chi connectivity index (χ4n) is 4.18. The number of aromatic nitrogens is 1. The van der Waals surface area contributed by atoms with Crippen LogP contribution in [0.3, 0.4) is 0 Å². The number of fused-ring (bicyclic) bond motifs is 1. The van der Waals surface area contributed by atoms with Crippen molar-refractivity contribution >= 4 is 16.9 Å². The van der Waals surface area contributed by atoms with E-state index in [0.29, 0.717) is 10.9 Å². The molecule has 136 valence electrons. The van der Waals surface area contributed by atoms with Crippen LogP contribution in [0.5, 0.6) is 0 Å². The first-order valence-corrected chi connectivity index (χ1v) is 8.62. The van der Waals surface area contributed by atoms with E-state index >= 15 is 0 Å². The molecule has 3 rings (SSSR count). The number of methoxy groups -OCH3 is 1. The summed E-state index contributed by atoms with van der Waals surface area (Å²) in [5.74, 6) is -1.08. The molecule has 1 N–H and O–H groups in total. The molecule has 1 aliphatic rings. The van der Waals surface area contributed by atoms with Crippen molar-refractivity contribution in [1.82, 2.24) is 4.57 Å². The van der Waals surface area contributed by atoms with E-state index < -0.39 is 12.4 Å². The molecule has 1 aromatic heterocycles. The molecule has 0 amide bonds. The molecular formula is C19H23F2NO3. The number of carboxylic acids is 1. The highest BCUT2D eigenvalue weighted by atomic mass is 19.3. The fourth-order valence-corrected chi connectivity index (χ4v) is 4.18. The van der Waals surface area contributed by atoms with Crippen molar-refractivity contribution in [3.8, 4) is 0 Å². The molecule has 0 bridgehead atoms. The Kier molecular flexibility index (Phi) is 5.08. The molecule has 0 saturated heterocycles. The Morgan fingerprint density at radius 2 is 1.88 bits per heavy atom. The third-order valence-electron chi connectivity index (χ3n) is 5.51. The molecule has 0 unspecified atom stereocenters. The molecule has 0 spiro atoms. The zero-order valence-electron chi connectivity index (χ0n) is 14.4. The zero-order chi connectivity index (χ0) is 18.1. The molecule has 1 heterocycles. The van der Waals surface area contributed by atoms with Gasteiger partial charge in [-0.3, -0.25) is 0 Å². The van der Waals surface area contributed by atoms with Crippen molar-refractivity contribution in [2.45, 2.75) is 51.2 Å². The molecule has 0 radical (unpaired) electrons. The van der Waals surface area contributed by atoms with Crippen LogP contribution in [0.2, 0.25) is 0 Å². The number of hydrogen-bond donors (Lipinski definition) is 1. The highest BCUT2D eigenvalue weighted by molar-refractivity contribution is 6.05. The number of carbonyl (C=O) groups is 1. The third kappa shape index (κ3) is 3.15. The van der Waals surface area contributed by atoms with Crippen molar-refractivity contribution in [2.24, 2.45) is 5.92 Å². The van der Waals surface area contributed by atoms with Gasteiger partial charge in [0, 0.05) is 24.1 Å². The lowest BCUT2D eigenvalue weighted by Crippen LogP contribution is -2.27. The maximum absolute atomic E-state index is 13.8. The van der Waals surface area contributed by atoms with Gasteiger partial charge >= 0.3 is 5.97 Å². The molecule has 25 heavy (non-hydrogen) atoms. The number of aromatic carboxylic acids is 1. The van der Waals surface area contributed by atoms with E-state index in [1.54, 1.807) is 35.9 Å². The van der Waals surface area contributed by atoms with Crippen molar-refractivity contribution < 1.29 is 23.4 Å². The lowest BCUT2D eigenvalue weighted by molar-refractivity contribution is 0.0477. The minimum Gasteiger partial charge on any atom is -0.478 e. The lowest BCUT2D eigenvalue weighted by Gasteiger charge is -2.33. The normalized spacial score (nSPS) is 22.4. The van der Waals surface area contributed by atoms with E-state index in [2.05, 4.69) is 0 Å². The van der Waals surface area contributed by atoms with E-state index in [0.717, 1.165) is 25.7 Å². The number of benzene rings is 1. The molecule has 1 atom stereocenters. The summed E-state index contributed by atoms with van der Waals surface area (Å²) in [5, 5.41) is 9.90. The number of alkyl halides is 2. The standard InChI is InChI=1S/C19H23F2NO3/c1-11(12-7-9-13(25-2)10-8-12)22-15-6-4-3-5-14(15)16(19(23)24)17(22)18(20)21/h3-6,11-13,18H,7-10H2,1-2H3,(H,23,24)/t11-,12?,13?/m1/s1. The van der Waals surface area contributed by atoms with Crippen LogP contribution < -0.4 is 0 Å². The average Bonchev–Trinajstić information content (AvgIpc) is 2.97. The van der Waals surface area contributed by atoms with Gasteiger partial charge in [0.1, 0.15) is 5.69 Å². The Hall–Kier alpha value is -1.95. The Balaban J connectivity index is 2.09. The van der Waals surface area contributed by atoms with E-state index in [4.69, 9.17) is 4.74 Å². The van der Waals surface area contributed by atoms with Crippen molar-refractivity contribution in [1.29, 1.82) is 0 Å². The first-order chi connectivity index (χ1) is 12.0. The maximum atomic E-state index is 13.8. The van der Waals surface area contributed by atoms with Gasteiger partial charge in [0.25, 0.3) is 6.43 Å².